The second kappa shape index (κ2) is 5.61. The smallest absolute Gasteiger partial charge is 0.324 e. The first-order chi connectivity index (χ1) is 11.9. The largest absolute Gasteiger partial charge is 0.416 e. The number of benzene rings is 1. The monoisotopic (exact) mass is 349 g/mol. The van der Waals surface area contributed by atoms with Crippen LogP contribution in [-0.2, 0) is 23.8 Å². The number of aryl methyl sites for hydroxylation is 1. The van der Waals surface area contributed by atoms with Crippen LogP contribution in [-0.4, -0.2) is 26.1 Å². The molecule has 0 radical (unpaired) electrons. The van der Waals surface area contributed by atoms with E-state index in [2.05, 4.69) is 25.5 Å². The molecule has 4 rings (SSSR count). The molecule has 1 aliphatic carbocycles. The van der Waals surface area contributed by atoms with E-state index in [1.807, 2.05) is 0 Å². The Balaban J connectivity index is 1.52. The summed E-state index contributed by atoms with van der Waals surface area (Å²) < 4.78 is 38.3. The zero-order chi connectivity index (χ0) is 17.6. The number of rotatable bonds is 2. The molecule has 3 N–H and O–H groups in total. The Kier molecular flexibility index (Phi) is 3.52. The average molecular weight is 349 g/mol. The van der Waals surface area contributed by atoms with E-state index < -0.39 is 11.7 Å². The number of hydrogen-bond donors (Lipinski definition) is 3. The molecular formula is C16H14F3N5O. The lowest BCUT2D eigenvalue weighted by Gasteiger charge is -2.20. The van der Waals surface area contributed by atoms with Gasteiger partial charge in [0.25, 0.3) is 0 Å². The van der Waals surface area contributed by atoms with Crippen molar-refractivity contribution in [2.45, 2.75) is 25.4 Å². The lowest BCUT2D eigenvalue weighted by molar-refractivity contribution is -0.137. The van der Waals surface area contributed by atoms with Crippen molar-refractivity contribution in [1.29, 1.82) is 0 Å². The molecule has 0 saturated carbocycles. The van der Waals surface area contributed by atoms with Crippen molar-refractivity contribution in [2.75, 3.05) is 5.32 Å². The van der Waals surface area contributed by atoms with Crippen LogP contribution in [0.3, 0.4) is 0 Å². The molecule has 1 aromatic carbocycles. The Morgan fingerprint density at radius 2 is 2.16 bits per heavy atom. The summed E-state index contributed by atoms with van der Waals surface area (Å²) in [5.74, 6) is -0.275. The molecule has 2 aromatic heterocycles. The summed E-state index contributed by atoms with van der Waals surface area (Å²) in [4.78, 5) is 19.3. The van der Waals surface area contributed by atoms with Crippen LogP contribution in [0.1, 0.15) is 23.2 Å². The van der Waals surface area contributed by atoms with Gasteiger partial charge in [0.1, 0.15) is 0 Å². The average Bonchev–Trinajstić information content (AvgIpc) is 3.18. The van der Waals surface area contributed by atoms with Gasteiger partial charge >= 0.3 is 6.18 Å². The predicted molar refractivity (Wildman–Crippen MR) is 83.8 cm³/mol. The summed E-state index contributed by atoms with van der Waals surface area (Å²) in [5, 5.41) is 9.55. The van der Waals surface area contributed by atoms with Crippen LogP contribution >= 0.6 is 0 Å². The highest BCUT2D eigenvalue weighted by Crippen LogP contribution is 2.31. The van der Waals surface area contributed by atoms with Crippen LogP contribution in [0.4, 0.5) is 19.1 Å². The number of amides is 1. The van der Waals surface area contributed by atoms with E-state index >= 15 is 0 Å². The van der Waals surface area contributed by atoms with E-state index in [1.54, 1.807) is 6.20 Å². The lowest BCUT2D eigenvalue weighted by atomic mass is 9.87. The maximum atomic E-state index is 12.8. The first kappa shape index (κ1) is 15.7. The molecule has 2 heterocycles. The third-order valence-corrected chi connectivity index (χ3v) is 4.44. The van der Waals surface area contributed by atoms with Gasteiger partial charge in [0.15, 0.2) is 0 Å². The van der Waals surface area contributed by atoms with Gasteiger partial charge in [0.2, 0.25) is 11.9 Å². The molecule has 0 aliphatic heterocycles. The molecular weight excluding hydrogens is 335 g/mol. The highest BCUT2D eigenvalue weighted by atomic mass is 19.4. The van der Waals surface area contributed by atoms with Gasteiger partial charge in [-0.25, -0.2) is 4.98 Å². The number of alkyl halides is 3. The van der Waals surface area contributed by atoms with E-state index in [1.165, 1.54) is 6.07 Å². The Bertz CT molecular complexity index is 943. The van der Waals surface area contributed by atoms with Gasteiger partial charge in [-0.2, -0.15) is 18.3 Å². The van der Waals surface area contributed by atoms with Gasteiger partial charge in [-0.3, -0.25) is 15.2 Å². The zero-order valence-electron chi connectivity index (χ0n) is 12.9. The molecule has 0 fully saturated rings. The van der Waals surface area contributed by atoms with E-state index in [0.29, 0.717) is 18.4 Å². The Hall–Kier alpha value is -2.84. The summed E-state index contributed by atoms with van der Waals surface area (Å²) in [6, 6.07) is 3.23. The Morgan fingerprint density at radius 1 is 1.32 bits per heavy atom. The number of aromatic nitrogens is 4. The fraction of sp³-hybridized carbons (Fsp3) is 0.312. The van der Waals surface area contributed by atoms with Crippen LogP contribution in [0, 0.1) is 5.92 Å². The summed E-state index contributed by atoms with van der Waals surface area (Å²) >= 11 is 0. The van der Waals surface area contributed by atoms with Gasteiger partial charge in [-0.1, -0.05) is 0 Å². The molecule has 9 heteroatoms. The number of hydrogen-bond acceptors (Lipinski definition) is 3. The highest BCUT2D eigenvalue weighted by Gasteiger charge is 2.31. The number of fused-ring (bicyclic) bond motifs is 2. The minimum atomic E-state index is -4.42. The summed E-state index contributed by atoms with van der Waals surface area (Å²) in [5.41, 5.74) is 1.90. The van der Waals surface area contributed by atoms with Gasteiger partial charge in [-0.15, -0.1) is 0 Å². The third-order valence-electron chi connectivity index (χ3n) is 4.44. The van der Waals surface area contributed by atoms with Crippen molar-refractivity contribution < 1.29 is 18.0 Å². The molecule has 0 saturated heterocycles. The molecule has 130 valence electrons. The molecule has 0 bridgehead atoms. The minimum Gasteiger partial charge on any atom is -0.324 e. The molecule has 1 aliphatic rings. The normalized spacial score (nSPS) is 17.5. The van der Waals surface area contributed by atoms with Crippen LogP contribution in [0.15, 0.2) is 24.4 Å². The molecule has 25 heavy (non-hydrogen) atoms. The predicted octanol–water partition coefficient (Wildman–Crippen LogP) is 3.05. The minimum absolute atomic E-state index is 0.150. The second-order valence-electron chi connectivity index (χ2n) is 6.12. The van der Waals surface area contributed by atoms with Gasteiger partial charge in [-0.05, 0) is 43.0 Å². The zero-order valence-corrected chi connectivity index (χ0v) is 12.9. The van der Waals surface area contributed by atoms with E-state index in [-0.39, 0.29) is 23.3 Å². The number of carbonyl (C=O) groups excluding carboxylic acids is 1. The van der Waals surface area contributed by atoms with Crippen molar-refractivity contribution in [1.82, 2.24) is 20.2 Å². The molecule has 1 unspecified atom stereocenters. The fourth-order valence-corrected chi connectivity index (χ4v) is 3.10. The van der Waals surface area contributed by atoms with Crippen molar-refractivity contribution in [2.24, 2.45) is 5.92 Å². The topological polar surface area (TPSA) is 86.5 Å². The molecule has 1 atom stereocenters. The maximum Gasteiger partial charge on any atom is 0.416 e. The summed E-state index contributed by atoms with van der Waals surface area (Å²) in [6.07, 6.45) is -0.709. The van der Waals surface area contributed by atoms with Crippen molar-refractivity contribution in [3.63, 3.8) is 0 Å². The van der Waals surface area contributed by atoms with Gasteiger partial charge < -0.3 is 4.98 Å². The van der Waals surface area contributed by atoms with Crippen LogP contribution in [0.25, 0.3) is 11.0 Å². The number of H-pyrrole nitrogens is 2. The van der Waals surface area contributed by atoms with Gasteiger partial charge in [0.05, 0.1) is 22.8 Å². The fourth-order valence-electron chi connectivity index (χ4n) is 3.10. The number of carbonyl (C=O) groups is 1. The lowest BCUT2D eigenvalue weighted by Crippen LogP contribution is -2.28. The molecule has 3 aromatic rings. The third kappa shape index (κ3) is 2.97. The SMILES string of the molecule is O=C(Nc1nc2ccc(C(F)(F)F)cc2[nH]1)C1CCc2[nH]ncc2C1. The van der Waals surface area contributed by atoms with Gasteiger partial charge in [0, 0.05) is 11.6 Å². The van der Waals surface area contributed by atoms with E-state index in [4.69, 9.17) is 0 Å². The number of nitrogens with one attached hydrogen (secondary N) is 3. The van der Waals surface area contributed by atoms with E-state index in [0.717, 1.165) is 29.8 Å². The van der Waals surface area contributed by atoms with Crippen LogP contribution < -0.4 is 5.32 Å². The molecule has 0 spiro atoms. The Labute approximate surface area is 139 Å². The summed E-state index contributed by atoms with van der Waals surface area (Å²) in [7, 11) is 0. The van der Waals surface area contributed by atoms with E-state index in [9.17, 15) is 18.0 Å². The Morgan fingerprint density at radius 3 is 2.96 bits per heavy atom. The molecule has 6 nitrogen and oxygen atoms in total. The van der Waals surface area contributed by atoms with Crippen molar-refractivity contribution in [3.05, 3.63) is 41.2 Å². The number of anilines is 1. The van der Waals surface area contributed by atoms with Crippen molar-refractivity contribution in [3.8, 4) is 0 Å². The first-order valence-electron chi connectivity index (χ1n) is 7.79. The quantitative estimate of drug-likeness (QED) is 0.665. The standard InChI is InChI=1S/C16H14F3N5O/c17-16(18,19)10-2-4-12-13(6-10)22-15(21-12)23-14(25)8-1-3-11-9(5-8)7-20-24-11/h2,4,6-8H,1,3,5H2,(H,20,24)(H2,21,22,23,25). The number of nitrogens with zero attached hydrogens (tertiary/aromatic N) is 2. The summed E-state index contributed by atoms with van der Waals surface area (Å²) in [6.45, 7) is 0. The van der Waals surface area contributed by atoms with Crippen molar-refractivity contribution >= 4 is 22.9 Å². The number of aromatic amines is 2. The number of imidazole rings is 1. The van der Waals surface area contributed by atoms with Crippen LogP contribution in [0.2, 0.25) is 0 Å². The first-order valence-corrected chi connectivity index (χ1v) is 7.79. The molecule has 1 amide bonds. The number of halogens is 3. The maximum absolute atomic E-state index is 12.8. The van der Waals surface area contributed by atoms with Crippen LogP contribution in [0.5, 0.6) is 0 Å². The second-order valence-corrected chi connectivity index (χ2v) is 6.12. The highest BCUT2D eigenvalue weighted by molar-refractivity contribution is 5.93.